The molecule has 0 aliphatic carbocycles. The van der Waals surface area contributed by atoms with Crippen LogP contribution in [0.3, 0.4) is 0 Å². The Labute approximate surface area is 141 Å². The van der Waals surface area contributed by atoms with Crippen LogP contribution in [0.1, 0.15) is 42.2 Å². The number of nitrogens with one attached hydrogen (secondary N) is 1. The number of nitrogens with zero attached hydrogens (tertiary/aromatic N) is 1. The number of carboxylic acid groups (broad SMARTS) is 1. The fourth-order valence-corrected chi connectivity index (χ4v) is 2.92. The fraction of sp³-hybridized carbons (Fsp3) is 0.444. The summed E-state index contributed by atoms with van der Waals surface area (Å²) in [6, 6.07) is 5.74. The predicted octanol–water partition coefficient (Wildman–Crippen LogP) is 2.96. The standard InChI is InChI=1S/C18H24N2O4/c1-4-10-20-12(2)17(18(23)19-9-5-6-16(21)22)14-11-13(24-3)7-8-15(14)20/h7-8,11H,4-6,9-10H2,1-3H3,(H,19,23)(H,21,22). The molecule has 0 radical (unpaired) electrons. The van der Waals surface area contributed by atoms with Crippen LogP contribution in [0.2, 0.25) is 0 Å². The van der Waals surface area contributed by atoms with Crippen molar-refractivity contribution in [3.8, 4) is 5.75 Å². The Balaban J connectivity index is 2.34. The smallest absolute Gasteiger partial charge is 0.303 e. The van der Waals surface area contributed by atoms with Gasteiger partial charge < -0.3 is 19.7 Å². The normalized spacial score (nSPS) is 10.8. The Bertz CT molecular complexity index is 749. The maximum Gasteiger partial charge on any atom is 0.303 e. The first kappa shape index (κ1) is 17.8. The van der Waals surface area contributed by atoms with E-state index in [9.17, 15) is 9.59 Å². The molecule has 0 unspecified atom stereocenters. The van der Waals surface area contributed by atoms with Crippen LogP contribution in [-0.2, 0) is 11.3 Å². The molecular weight excluding hydrogens is 308 g/mol. The quantitative estimate of drug-likeness (QED) is 0.728. The van der Waals surface area contributed by atoms with E-state index in [2.05, 4.69) is 16.8 Å². The molecule has 1 amide bonds. The first-order valence-corrected chi connectivity index (χ1v) is 8.16. The van der Waals surface area contributed by atoms with Gasteiger partial charge in [-0.2, -0.15) is 0 Å². The number of rotatable bonds is 8. The third kappa shape index (κ3) is 3.69. The van der Waals surface area contributed by atoms with E-state index in [1.807, 2.05) is 25.1 Å². The lowest BCUT2D eigenvalue weighted by molar-refractivity contribution is -0.137. The number of methoxy groups -OCH3 is 1. The summed E-state index contributed by atoms with van der Waals surface area (Å²) < 4.78 is 7.42. The minimum Gasteiger partial charge on any atom is -0.497 e. The van der Waals surface area contributed by atoms with Crippen molar-refractivity contribution in [2.45, 2.75) is 39.7 Å². The van der Waals surface area contributed by atoms with Crippen LogP contribution in [0.25, 0.3) is 10.9 Å². The number of aryl methyl sites for hydroxylation is 1. The van der Waals surface area contributed by atoms with Crippen LogP contribution in [0.4, 0.5) is 0 Å². The third-order valence-corrected chi connectivity index (χ3v) is 4.06. The number of benzene rings is 1. The molecule has 0 aliphatic rings. The Morgan fingerprint density at radius 1 is 1.33 bits per heavy atom. The summed E-state index contributed by atoms with van der Waals surface area (Å²) in [6.45, 7) is 5.21. The van der Waals surface area contributed by atoms with Gasteiger partial charge in [0.25, 0.3) is 5.91 Å². The third-order valence-electron chi connectivity index (χ3n) is 4.06. The van der Waals surface area contributed by atoms with Crippen LogP contribution in [0.15, 0.2) is 18.2 Å². The van der Waals surface area contributed by atoms with Gasteiger partial charge in [0.15, 0.2) is 0 Å². The number of aromatic nitrogens is 1. The number of ether oxygens (including phenoxy) is 1. The number of carbonyl (C=O) groups is 2. The minimum atomic E-state index is -0.857. The van der Waals surface area contributed by atoms with E-state index in [0.717, 1.165) is 29.6 Å². The lowest BCUT2D eigenvalue weighted by Crippen LogP contribution is -2.25. The highest BCUT2D eigenvalue weighted by Crippen LogP contribution is 2.29. The van der Waals surface area contributed by atoms with Crippen LogP contribution in [-0.4, -0.2) is 35.2 Å². The number of carboxylic acids is 1. The molecule has 130 valence electrons. The molecule has 1 aromatic heterocycles. The minimum absolute atomic E-state index is 0.0463. The van der Waals surface area contributed by atoms with Gasteiger partial charge in [0, 0.05) is 36.1 Å². The van der Waals surface area contributed by atoms with E-state index in [4.69, 9.17) is 9.84 Å². The van der Waals surface area contributed by atoms with Gasteiger partial charge in [0.1, 0.15) is 5.75 Å². The molecule has 6 nitrogen and oxygen atoms in total. The average Bonchev–Trinajstić information content (AvgIpc) is 2.83. The van der Waals surface area contributed by atoms with Crippen molar-refractivity contribution in [1.29, 1.82) is 0 Å². The SMILES string of the molecule is CCCn1c(C)c(C(=O)NCCCC(=O)O)c2cc(OC)ccc21. The summed E-state index contributed by atoms with van der Waals surface area (Å²) in [6.07, 6.45) is 1.43. The van der Waals surface area contributed by atoms with Crippen molar-refractivity contribution < 1.29 is 19.4 Å². The Morgan fingerprint density at radius 3 is 2.71 bits per heavy atom. The van der Waals surface area contributed by atoms with Crippen molar-refractivity contribution in [3.05, 3.63) is 29.5 Å². The van der Waals surface area contributed by atoms with Crippen LogP contribution < -0.4 is 10.1 Å². The van der Waals surface area contributed by atoms with Gasteiger partial charge >= 0.3 is 5.97 Å². The fourth-order valence-electron chi connectivity index (χ4n) is 2.92. The molecule has 0 atom stereocenters. The van der Waals surface area contributed by atoms with Gasteiger partial charge in [-0.3, -0.25) is 9.59 Å². The van der Waals surface area contributed by atoms with Crippen molar-refractivity contribution >= 4 is 22.8 Å². The summed E-state index contributed by atoms with van der Waals surface area (Å²) in [5, 5.41) is 12.4. The first-order valence-electron chi connectivity index (χ1n) is 8.16. The molecule has 0 aliphatic heterocycles. The summed E-state index contributed by atoms with van der Waals surface area (Å²) in [7, 11) is 1.60. The Kier molecular flexibility index (Phi) is 5.84. The molecule has 1 aromatic carbocycles. The molecule has 0 saturated carbocycles. The lowest BCUT2D eigenvalue weighted by Gasteiger charge is -2.07. The van der Waals surface area contributed by atoms with E-state index in [-0.39, 0.29) is 12.3 Å². The van der Waals surface area contributed by atoms with Crippen molar-refractivity contribution in [2.75, 3.05) is 13.7 Å². The van der Waals surface area contributed by atoms with E-state index >= 15 is 0 Å². The molecule has 0 bridgehead atoms. The molecule has 1 heterocycles. The van der Waals surface area contributed by atoms with Crippen LogP contribution in [0.5, 0.6) is 5.75 Å². The largest absolute Gasteiger partial charge is 0.497 e. The Morgan fingerprint density at radius 2 is 2.08 bits per heavy atom. The second kappa shape index (κ2) is 7.86. The molecule has 2 N–H and O–H groups in total. The molecule has 2 aromatic rings. The number of aliphatic carboxylic acids is 1. The van der Waals surface area contributed by atoms with Gasteiger partial charge in [-0.15, -0.1) is 0 Å². The van der Waals surface area contributed by atoms with Gasteiger partial charge in [0.2, 0.25) is 0 Å². The van der Waals surface area contributed by atoms with E-state index in [1.165, 1.54) is 0 Å². The van der Waals surface area contributed by atoms with Gasteiger partial charge in [-0.25, -0.2) is 0 Å². The molecule has 0 fully saturated rings. The highest BCUT2D eigenvalue weighted by atomic mass is 16.5. The number of hydrogen-bond donors (Lipinski definition) is 2. The molecule has 0 saturated heterocycles. The lowest BCUT2D eigenvalue weighted by atomic mass is 10.1. The second-order valence-corrected chi connectivity index (χ2v) is 5.75. The second-order valence-electron chi connectivity index (χ2n) is 5.75. The molecule has 0 spiro atoms. The number of amides is 1. The molecule has 24 heavy (non-hydrogen) atoms. The molecule has 2 rings (SSSR count). The zero-order chi connectivity index (χ0) is 17.7. The number of carbonyl (C=O) groups excluding carboxylic acids is 1. The van der Waals surface area contributed by atoms with E-state index < -0.39 is 5.97 Å². The van der Waals surface area contributed by atoms with Gasteiger partial charge in [0.05, 0.1) is 12.7 Å². The predicted molar refractivity (Wildman–Crippen MR) is 92.7 cm³/mol. The summed E-state index contributed by atoms with van der Waals surface area (Å²) in [5.41, 5.74) is 2.55. The topological polar surface area (TPSA) is 80.6 Å². The van der Waals surface area contributed by atoms with E-state index in [0.29, 0.717) is 24.3 Å². The number of hydrogen-bond acceptors (Lipinski definition) is 3. The summed E-state index contributed by atoms with van der Waals surface area (Å²) in [5.74, 6) is -0.327. The maximum absolute atomic E-state index is 12.6. The summed E-state index contributed by atoms with van der Waals surface area (Å²) in [4.78, 5) is 23.2. The van der Waals surface area contributed by atoms with Crippen molar-refractivity contribution in [2.24, 2.45) is 0 Å². The molecule has 6 heteroatoms. The maximum atomic E-state index is 12.6. The Hall–Kier alpha value is -2.50. The molecular formula is C18H24N2O4. The highest BCUT2D eigenvalue weighted by molar-refractivity contribution is 6.08. The number of fused-ring (bicyclic) bond motifs is 1. The zero-order valence-corrected chi connectivity index (χ0v) is 14.4. The van der Waals surface area contributed by atoms with Crippen LogP contribution in [0, 0.1) is 6.92 Å². The zero-order valence-electron chi connectivity index (χ0n) is 14.4. The van der Waals surface area contributed by atoms with Gasteiger partial charge in [-0.1, -0.05) is 6.92 Å². The highest BCUT2D eigenvalue weighted by Gasteiger charge is 2.20. The van der Waals surface area contributed by atoms with Crippen molar-refractivity contribution in [1.82, 2.24) is 9.88 Å². The monoisotopic (exact) mass is 332 g/mol. The summed E-state index contributed by atoms with van der Waals surface area (Å²) >= 11 is 0. The first-order chi connectivity index (χ1) is 11.5. The van der Waals surface area contributed by atoms with Gasteiger partial charge in [-0.05, 0) is 38.0 Å². The van der Waals surface area contributed by atoms with E-state index in [1.54, 1.807) is 7.11 Å². The van der Waals surface area contributed by atoms with Crippen molar-refractivity contribution in [3.63, 3.8) is 0 Å². The average molecular weight is 332 g/mol. The van der Waals surface area contributed by atoms with Crippen LogP contribution >= 0.6 is 0 Å².